The number of nitrogens with one attached hydrogen (secondary N) is 2. The van der Waals surface area contributed by atoms with Gasteiger partial charge in [-0.1, -0.05) is 18.5 Å². The SMILES string of the molecule is CCCNS(=O)(=O)Nc1cc(Cl)ccc1C#N. The minimum atomic E-state index is -3.66. The first-order valence-electron chi connectivity index (χ1n) is 4.95. The van der Waals surface area contributed by atoms with E-state index >= 15 is 0 Å². The Bertz CT molecular complexity index is 537. The first kappa shape index (κ1) is 13.8. The molecule has 0 saturated carbocycles. The average molecular weight is 274 g/mol. The highest BCUT2D eigenvalue weighted by molar-refractivity contribution is 7.90. The van der Waals surface area contributed by atoms with E-state index in [0.29, 0.717) is 18.0 Å². The number of rotatable bonds is 5. The van der Waals surface area contributed by atoms with Crippen LogP contribution < -0.4 is 9.44 Å². The van der Waals surface area contributed by atoms with Gasteiger partial charge in [-0.25, -0.2) is 0 Å². The summed E-state index contributed by atoms with van der Waals surface area (Å²) in [5.74, 6) is 0. The fraction of sp³-hybridized carbons (Fsp3) is 0.300. The molecule has 0 radical (unpaired) electrons. The molecule has 0 amide bonds. The predicted octanol–water partition coefficient (Wildman–Crippen LogP) is 1.87. The van der Waals surface area contributed by atoms with Gasteiger partial charge in [0.1, 0.15) is 6.07 Å². The van der Waals surface area contributed by atoms with Gasteiger partial charge in [-0.05, 0) is 24.6 Å². The molecule has 0 aliphatic rings. The monoisotopic (exact) mass is 273 g/mol. The molecule has 0 unspecified atom stereocenters. The Morgan fingerprint density at radius 2 is 2.18 bits per heavy atom. The van der Waals surface area contributed by atoms with E-state index in [4.69, 9.17) is 16.9 Å². The highest BCUT2D eigenvalue weighted by atomic mass is 35.5. The molecule has 1 aromatic rings. The molecule has 17 heavy (non-hydrogen) atoms. The van der Waals surface area contributed by atoms with Crippen molar-refractivity contribution >= 4 is 27.5 Å². The van der Waals surface area contributed by atoms with Crippen molar-refractivity contribution in [2.45, 2.75) is 13.3 Å². The molecule has 0 fully saturated rings. The van der Waals surface area contributed by atoms with Gasteiger partial charge in [0.2, 0.25) is 0 Å². The van der Waals surface area contributed by atoms with Crippen molar-refractivity contribution in [2.75, 3.05) is 11.3 Å². The molecular weight excluding hydrogens is 262 g/mol. The normalized spacial score (nSPS) is 10.9. The van der Waals surface area contributed by atoms with Crippen LogP contribution in [0.3, 0.4) is 0 Å². The Morgan fingerprint density at radius 1 is 1.47 bits per heavy atom. The number of anilines is 1. The van der Waals surface area contributed by atoms with Gasteiger partial charge < -0.3 is 0 Å². The molecule has 5 nitrogen and oxygen atoms in total. The van der Waals surface area contributed by atoms with E-state index in [9.17, 15) is 8.42 Å². The van der Waals surface area contributed by atoms with Crippen LogP contribution >= 0.6 is 11.6 Å². The molecule has 0 bridgehead atoms. The smallest absolute Gasteiger partial charge is 0.270 e. The van der Waals surface area contributed by atoms with Crippen LogP contribution in [0.4, 0.5) is 5.69 Å². The van der Waals surface area contributed by atoms with Gasteiger partial charge in [-0.15, -0.1) is 0 Å². The van der Waals surface area contributed by atoms with Crippen molar-refractivity contribution in [2.24, 2.45) is 0 Å². The Labute approximate surface area is 106 Å². The van der Waals surface area contributed by atoms with Crippen molar-refractivity contribution in [1.82, 2.24) is 4.72 Å². The number of nitrogens with zero attached hydrogens (tertiary/aromatic N) is 1. The van der Waals surface area contributed by atoms with Gasteiger partial charge >= 0.3 is 0 Å². The Morgan fingerprint density at radius 3 is 2.76 bits per heavy atom. The molecule has 92 valence electrons. The summed E-state index contributed by atoms with van der Waals surface area (Å²) in [7, 11) is -3.66. The van der Waals surface area contributed by atoms with Crippen LogP contribution in [0.2, 0.25) is 5.02 Å². The van der Waals surface area contributed by atoms with E-state index in [1.807, 2.05) is 13.0 Å². The maximum absolute atomic E-state index is 11.6. The molecule has 0 heterocycles. The van der Waals surface area contributed by atoms with E-state index in [0.717, 1.165) is 0 Å². The molecule has 0 saturated heterocycles. The fourth-order valence-electron chi connectivity index (χ4n) is 1.12. The molecular formula is C10H12ClN3O2S. The van der Waals surface area contributed by atoms with E-state index in [1.165, 1.54) is 18.2 Å². The van der Waals surface area contributed by atoms with Crippen molar-refractivity contribution in [1.29, 1.82) is 5.26 Å². The maximum atomic E-state index is 11.6. The molecule has 0 spiro atoms. The molecule has 0 atom stereocenters. The van der Waals surface area contributed by atoms with Gasteiger partial charge in [0.05, 0.1) is 11.3 Å². The lowest BCUT2D eigenvalue weighted by molar-refractivity contribution is 0.586. The minimum Gasteiger partial charge on any atom is -0.270 e. The molecule has 0 aliphatic heterocycles. The number of nitriles is 1. The van der Waals surface area contributed by atoms with Crippen LogP contribution in [0.25, 0.3) is 0 Å². The second-order valence-corrected chi connectivity index (χ2v) is 5.24. The summed E-state index contributed by atoms with van der Waals surface area (Å²) in [5, 5.41) is 9.19. The number of halogens is 1. The summed E-state index contributed by atoms with van der Waals surface area (Å²) in [4.78, 5) is 0. The molecule has 1 rings (SSSR count). The van der Waals surface area contributed by atoms with Crippen LogP contribution in [-0.2, 0) is 10.2 Å². The Balaban J connectivity index is 2.95. The van der Waals surface area contributed by atoms with Gasteiger partial charge in [0.25, 0.3) is 10.2 Å². The average Bonchev–Trinajstić information content (AvgIpc) is 2.26. The molecule has 1 aromatic carbocycles. The summed E-state index contributed by atoms with van der Waals surface area (Å²) in [5.41, 5.74) is 0.389. The topological polar surface area (TPSA) is 82.0 Å². The van der Waals surface area contributed by atoms with Crippen molar-refractivity contribution in [3.8, 4) is 6.07 Å². The molecule has 0 aromatic heterocycles. The third kappa shape index (κ3) is 4.23. The second kappa shape index (κ2) is 5.87. The highest BCUT2D eigenvalue weighted by Gasteiger charge is 2.11. The zero-order chi connectivity index (χ0) is 12.9. The zero-order valence-electron chi connectivity index (χ0n) is 9.20. The van der Waals surface area contributed by atoms with Crippen LogP contribution in [0, 0.1) is 11.3 Å². The zero-order valence-corrected chi connectivity index (χ0v) is 10.8. The largest absolute Gasteiger partial charge is 0.299 e. The summed E-state index contributed by atoms with van der Waals surface area (Å²) >= 11 is 5.74. The third-order valence-electron chi connectivity index (χ3n) is 1.89. The van der Waals surface area contributed by atoms with Crippen LogP contribution in [0.5, 0.6) is 0 Å². The van der Waals surface area contributed by atoms with E-state index in [1.54, 1.807) is 0 Å². The number of benzene rings is 1. The van der Waals surface area contributed by atoms with E-state index in [-0.39, 0.29) is 11.3 Å². The van der Waals surface area contributed by atoms with Crippen molar-refractivity contribution in [3.05, 3.63) is 28.8 Å². The fourth-order valence-corrected chi connectivity index (χ4v) is 2.29. The highest BCUT2D eigenvalue weighted by Crippen LogP contribution is 2.20. The summed E-state index contributed by atoms with van der Waals surface area (Å²) in [6, 6.07) is 6.27. The number of hydrogen-bond donors (Lipinski definition) is 2. The Hall–Kier alpha value is -1.29. The lowest BCUT2D eigenvalue weighted by atomic mass is 10.2. The van der Waals surface area contributed by atoms with Crippen molar-refractivity contribution < 1.29 is 8.42 Å². The maximum Gasteiger partial charge on any atom is 0.299 e. The van der Waals surface area contributed by atoms with E-state index in [2.05, 4.69) is 9.44 Å². The summed E-state index contributed by atoms with van der Waals surface area (Å²) in [6.45, 7) is 2.18. The van der Waals surface area contributed by atoms with Gasteiger partial charge in [0, 0.05) is 11.6 Å². The molecule has 0 aliphatic carbocycles. The van der Waals surface area contributed by atoms with Crippen molar-refractivity contribution in [3.63, 3.8) is 0 Å². The predicted molar refractivity (Wildman–Crippen MR) is 67.0 cm³/mol. The second-order valence-electron chi connectivity index (χ2n) is 3.30. The number of hydrogen-bond acceptors (Lipinski definition) is 3. The quantitative estimate of drug-likeness (QED) is 0.859. The van der Waals surface area contributed by atoms with Crippen LogP contribution in [-0.4, -0.2) is 15.0 Å². The molecule has 7 heteroatoms. The van der Waals surface area contributed by atoms with Gasteiger partial charge in [-0.3, -0.25) is 4.72 Å². The van der Waals surface area contributed by atoms with E-state index < -0.39 is 10.2 Å². The lowest BCUT2D eigenvalue weighted by Gasteiger charge is -2.10. The van der Waals surface area contributed by atoms with Crippen LogP contribution in [0.1, 0.15) is 18.9 Å². The van der Waals surface area contributed by atoms with Crippen LogP contribution in [0.15, 0.2) is 18.2 Å². The van der Waals surface area contributed by atoms with Gasteiger partial charge in [0.15, 0.2) is 0 Å². The Kier molecular flexibility index (Phi) is 4.75. The summed E-state index contributed by atoms with van der Waals surface area (Å²) < 4.78 is 27.7. The summed E-state index contributed by atoms with van der Waals surface area (Å²) in [6.07, 6.45) is 0.682. The third-order valence-corrected chi connectivity index (χ3v) is 3.20. The first-order valence-corrected chi connectivity index (χ1v) is 6.81. The molecule has 2 N–H and O–H groups in total. The minimum absolute atomic E-state index is 0.170. The first-order chi connectivity index (χ1) is 7.98. The van der Waals surface area contributed by atoms with Gasteiger partial charge in [-0.2, -0.15) is 18.4 Å². The lowest BCUT2D eigenvalue weighted by Crippen LogP contribution is -2.30. The standard InChI is InChI=1S/C10H12ClN3O2S/c1-2-5-13-17(15,16)14-10-6-9(11)4-3-8(10)7-12/h3-4,6,13-14H,2,5H2,1H3.